The zero-order valence-electron chi connectivity index (χ0n) is 23.4. The van der Waals surface area contributed by atoms with Gasteiger partial charge in [0.25, 0.3) is 5.91 Å². The molecule has 40 heavy (non-hydrogen) atoms. The van der Waals surface area contributed by atoms with E-state index in [0.29, 0.717) is 18.1 Å². The summed E-state index contributed by atoms with van der Waals surface area (Å²) >= 11 is 0. The third-order valence-electron chi connectivity index (χ3n) is 8.12. The standard InChI is InChI=1S/C36H36N2O2/c1-36(2,3)26-18-16-25(17-19-26)35(39)37-27-20-21-32-31(22-27)28-13-9-14-29(28)34(38-32)30-12-7-8-15-33(30)40-23-24-10-5-4-6-11-24/h4-13,15-22,28-29,34,38H,14,23H2,1-3H3,(H,37,39). The van der Waals surface area contributed by atoms with Crippen LogP contribution >= 0.6 is 0 Å². The predicted octanol–water partition coefficient (Wildman–Crippen LogP) is 8.64. The van der Waals surface area contributed by atoms with E-state index in [-0.39, 0.29) is 23.3 Å². The second-order valence-corrected chi connectivity index (χ2v) is 11.9. The number of anilines is 2. The molecule has 4 aromatic carbocycles. The molecule has 4 nitrogen and oxygen atoms in total. The number of allylic oxidation sites excluding steroid dienone is 2. The molecule has 2 aliphatic rings. The molecule has 6 rings (SSSR count). The van der Waals surface area contributed by atoms with Crippen LogP contribution in [0.25, 0.3) is 0 Å². The molecule has 202 valence electrons. The van der Waals surface area contributed by atoms with Crippen LogP contribution in [0.2, 0.25) is 0 Å². The highest BCUT2D eigenvalue weighted by Crippen LogP contribution is 2.51. The fourth-order valence-corrected chi connectivity index (χ4v) is 5.91. The van der Waals surface area contributed by atoms with Crippen LogP contribution in [0.1, 0.15) is 71.8 Å². The van der Waals surface area contributed by atoms with Gasteiger partial charge in [0, 0.05) is 28.4 Å². The second-order valence-electron chi connectivity index (χ2n) is 11.9. The quantitative estimate of drug-likeness (QED) is 0.246. The van der Waals surface area contributed by atoms with E-state index in [1.807, 2.05) is 54.6 Å². The van der Waals surface area contributed by atoms with Gasteiger partial charge in [-0.1, -0.05) is 93.6 Å². The summed E-state index contributed by atoms with van der Waals surface area (Å²) in [7, 11) is 0. The number of rotatable bonds is 6. The van der Waals surface area contributed by atoms with Gasteiger partial charge in [-0.3, -0.25) is 4.79 Å². The van der Waals surface area contributed by atoms with Gasteiger partial charge in [-0.15, -0.1) is 0 Å². The number of carbonyl (C=O) groups is 1. The average Bonchev–Trinajstić information content (AvgIpc) is 3.47. The van der Waals surface area contributed by atoms with E-state index in [4.69, 9.17) is 4.74 Å². The maximum absolute atomic E-state index is 13.1. The highest BCUT2D eigenvalue weighted by atomic mass is 16.5. The zero-order chi connectivity index (χ0) is 27.7. The highest BCUT2D eigenvalue weighted by Gasteiger charge is 2.39. The monoisotopic (exact) mass is 528 g/mol. The molecule has 3 unspecified atom stereocenters. The number of hydrogen-bond donors (Lipinski definition) is 2. The summed E-state index contributed by atoms with van der Waals surface area (Å²) in [5.41, 5.74) is 7.40. The number of nitrogens with one attached hydrogen (secondary N) is 2. The fraction of sp³-hybridized carbons (Fsp3) is 0.250. The summed E-state index contributed by atoms with van der Waals surface area (Å²) < 4.78 is 6.34. The fourth-order valence-electron chi connectivity index (χ4n) is 5.91. The first kappa shape index (κ1) is 25.9. The van der Waals surface area contributed by atoms with Crippen LogP contribution < -0.4 is 15.4 Å². The van der Waals surface area contributed by atoms with Crippen molar-refractivity contribution in [3.05, 3.63) is 137 Å². The molecule has 1 aliphatic heterocycles. The van der Waals surface area contributed by atoms with E-state index in [1.165, 1.54) is 16.7 Å². The molecule has 0 bridgehead atoms. The minimum atomic E-state index is -0.0925. The third-order valence-corrected chi connectivity index (χ3v) is 8.12. The summed E-state index contributed by atoms with van der Waals surface area (Å²) in [6.45, 7) is 7.06. The average molecular weight is 529 g/mol. The zero-order valence-corrected chi connectivity index (χ0v) is 23.4. The number of carbonyl (C=O) groups excluding carboxylic acids is 1. The molecule has 0 radical (unpaired) electrons. The van der Waals surface area contributed by atoms with E-state index in [9.17, 15) is 4.79 Å². The number of benzene rings is 4. The Balaban J connectivity index is 1.22. The number of hydrogen-bond acceptors (Lipinski definition) is 3. The van der Waals surface area contributed by atoms with E-state index in [0.717, 1.165) is 29.1 Å². The minimum absolute atomic E-state index is 0.0538. The van der Waals surface area contributed by atoms with Crippen LogP contribution in [0.5, 0.6) is 5.75 Å². The summed E-state index contributed by atoms with van der Waals surface area (Å²) in [6, 6.07) is 32.9. The van der Waals surface area contributed by atoms with Crippen molar-refractivity contribution in [1.82, 2.24) is 0 Å². The smallest absolute Gasteiger partial charge is 0.255 e. The molecular weight excluding hydrogens is 492 g/mol. The first-order chi connectivity index (χ1) is 19.4. The van der Waals surface area contributed by atoms with Gasteiger partial charge in [0.1, 0.15) is 12.4 Å². The maximum Gasteiger partial charge on any atom is 0.255 e. The SMILES string of the molecule is CC(C)(C)c1ccc(C(=O)Nc2ccc3c(c2)C2C=CCC2C(c2ccccc2OCc2ccccc2)N3)cc1. The molecule has 0 saturated heterocycles. The van der Waals surface area contributed by atoms with E-state index >= 15 is 0 Å². The van der Waals surface area contributed by atoms with Crippen molar-refractivity contribution in [1.29, 1.82) is 0 Å². The molecule has 0 fully saturated rings. The van der Waals surface area contributed by atoms with Crippen LogP contribution in [-0.2, 0) is 12.0 Å². The summed E-state index contributed by atoms with van der Waals surface area (Å²) in [6.07, 6.45) is 5.60. The van der Waals surface area contributed by atoms with E-state index in [2.05, 4.69) is 86.0 Å². The van der Waals surface area contributed by atoms with Crippen molar-refractivity contribution >= 4 is 17.3 Å². The van der Waals surface area contributed by atoms with Crippen molar-refractivity contribution in [2.75, 3.05) is 10.6 Å². The van der Waals surface area contributed by atoms with E-state index < -0.39 is 0 Å². The van der Waals surface area contributed by atoms with Gasteiger partial charge in [-0.25, -0.2) is 0 Å². The van der Waals surface area contributed by atoms with Crippen molar-refractivity contribution in [3.63, 3.8) is 0 Å². The molecule has 4 heteroatoms. The Morgan fingerprint density at radius 3 is 2.42 bits per heavy atom. The Morgan fingerprint density at radius 1 is 0.900 bits per heavy atom. The van der Waals surface area contributed by atoms with Gasteiger partial charge in [0.05, 0.1) is 6.04 Å². The number of amides is 1. The Bertz CT molecular complexity index is 1530. The first-order valence-electron chi connectivity index (χ1n) is 14.1. The largest absolute Gasteiger partial charge is 0.489 e. The van der Waals surface area contributed by atoms with Crippen LogP contribution in [0.15, 0.2) is 109 Å². The molecule has 1 amide bonds. The number of ether oxygens (including phenoxy) is 1. The van der Waals surface area contributed by atoms with Gasteiger partial charge >= 0.3 is 0 Å². The van der Waals surface area contributed by atoms with Gasteiger partial charge < -0.3 is 15.4 Å². The molecule has 4 aromatic rings. The van der Waals surface area contributed by atoms with Crippen LogP contribution in [0, 0.1) is 5.92 Å². The maximum atomic E-state index is 13.1. The molecule has 0 aromatic heterocycles. The molecule has 0 spiro atoms. The Hall–Kier alpha value is -4.31. The van der Waals surface area contributed by atoms with Gasteiger partial charge in [-0.2, -0.15) is 0 Å². The Kier molecular flexibility index (Phi) is 6.93. The van der Waals surface area contributed by atoms with Crippen molar-refractivity contribution in [3.8, 4) is 5.75 Å². The number of para-hydroxylation sites is 1. The Morgan fingerprint density at radius 2 is 1.65 bits per heavy atom. The predicted molar refractivity (Wildman–Crippen MR) is 163 cm³/mol. The minimum Gasteiger partial charge on any atom is -0.489 e. The Labute approximate surface area is 237 Å². The summed E-state index contributed by atoms with van der Waals surface area (Å²) in [5.74, 6) is 1.46. The highest BCUT2D eigenvalue weighted by molar-refractivity contribution is 6.04. The van der Waals surface area contributed by atoms with Crippen molar-refractivity contribution < 1.29 is 9.53 Å². The second kappa shape index (κ2) is 10.7. The van der Waals surface area contributed by atoms with Crippen LogP contribution in [0.3, 0.4) is 0 Å². The lowest BCUT2D eigenvalue weighted by Gasteiger charge is -2.38. The van der Waals surface area contributed by atoms with Crippen LogP contribution in [-0.4, -0.2) is 5.91 Å². The van der Waals surface area contributed by atoms with Crippen molar-refractivity contribution in [2.24, 2.45) is 5.92 Å². The lowest BCUT2D eigenvalue weighted by molar-refractivity contribution is 0.102. The van der Waals surface area contributed by atoms with Gasteiger partial charge in [0.2, 0.25) is 0 Å². The van der Waals surface area contributed by atoms with E-state index in [1.54, 1.807) is 0 Å². The van der Waals surface area contributed by atoms with Gasteiger partial charge in [0.15, 0.2) is 0 Å². The number of fused-ring (bicyclic) bond motifs is 3. The summed E-state index contributed by atoms with van der Waals surface area (Å²) in [5, 5.41) is 6.94. The molecule has 3 atom stereocenters. The lowest BCUT2D eigenvalue weighted by Crippen LogP contribution is -2.29. The van der Waals surface area contributed by atoms with Crippen molar-refractivity contribution in [2.45, 2.75) is 51.2 Å². The molecule has 0 saturated carbocycles. The molecular formula is C36H36N2O2. The van der Waals surface area contributed by atoms with Gasteiger partial charge in [-0.05, 0) is 70.8 Å². The first-order valence-corrected chi connectivity index (χ1v) is 14.1. The molecule has 1 aliphatic carbocycles. The molecule has 2 N–H and O–H groups in total. The lowest BCUT2D eigenvalue weighted by atomic mass is 9.76. The normalized spacial score (nSPS) is 19.3. The van der Waals surface area contributed by atoms with Crippen LogP contribution in [0.4, 0.5) is 11.4 Å². The molecule has 1 heterocycles. The summed E-state index contributed by atoms with van der Waals surface area (Å²) in [4.78, 5) is 13.1. The third kappa shape index (κ3) is 5.27. The topological polar surface area (TPSA) is 50.4 Å².